The van der Waals surface area contributed by atoms with Crippen LogP contribution in [0.2, 0.25) is 0 Å². The van der Waals surface area contributed by atoms with Gasteiger partial charge in [0.05, 0.1) is 17.3 Å². The van der Waals surface area contributed by atoms with Crippen LogP contribution in [-0.2, 0) is 4.74 Å². The third-order valence-corrected chi connectivity index (χ3v) is 4.31. The van der Waals surface area contributed by atoms with Gasteiger partial charge in [0.2, 0.25) is 0 Å². The Morgan fingerprint density at radius 3 is 2.79 bits per heavy atom. The van der Waals surface area contributed by atoms with E-state index in [4.69, 9.17) is 0 Å². The van der Waals surface area contributed by atoms with E-state index in [0.717, 1.165) is 19.3 Å². The van der Waals surface area contributed by atoms with Crippen LogP contribution < -0.4 is 10.6 Å². The van der Waals surface area contributed by atoms with Crippen molar-refractivity contribution in [3.05, 3.63) is 14.7 Å². The molecule has 2 N–H and O–H groups in total. The Bertz CT molecular complexity index is 448. The maximum absolute atomic E-state index is 11.7. The number of methoxy groups -OCH3 is 1. The Hall–Kier alpha value is -1.08. The van der Waals surface area contributed by atoms with Crippen molar-refractivity contribution >= 4 is 45.0 Å². The second kappa shape index (κ2) is 8.16. The zero-order valence-corrected chi connectivity index (χ0v) is 13.3. The number of amides is 2. The van der Waals surface area contributed by atoms with Crippen molar-refractivity contribution in [2.45, 2.75) is 26.2 Å². The number of thiophene rings is 1. The van der Waals surface area contributed by atoms with Crippen molar-refractivity contribution in [3.63, 3.8) is 0 Å². The lowest BCUT2D eigenvalue weighted by molar-refractivity contribution is 0.0607. The molecule has 1 heterocycles. The molecule has 0 saturated carbocycles. The first-order valence-electron chi connectivity index (χ1n) is 6.00. The van der Waals surface area contributed by atoms with Crippen LogP contribution in [0.3, 0.4) is 0 Å². The number of ether oxygens (including phenoxy) is 1. The Morgan fingerprint density at radius 2 is 2.16 bits per heavy atom. The summed E-state index contributed by atoms with van der Waals surface area (Å²) in [5, 5.41) is 7.15. The Labute approximate surface area is 124 Å². The van der Waals surface area contributed by atoms with Crippen molar-refractivity contribution in [2.24, 2.45) is 0 Å². The lowest BCUT2D eigenvalue weighted by Gasteiger charge is -2.08. The maximum atomic E-state index is 11.7. The fraction of sp³-hybridized carbons (Fsp3) is 0.500. The van der Waals surface area contributed by atoms with Gasteiger partial charge in [-0.1, -0.05) is 19.8 Å². The number of carbonyl (C=O) groups is 2. The normalized spacial score (nSPS) is 10.1. The van der Waals surface area contributed by atoms with E-state index >= 15 is 0 Å². The third kappa shape index (κ3) is 4.83. The van der Waals surface area contributed by atoms with Gasteiger partial charge in [0, 0.05) is 11.9 Å². The van der Waals surface area contributed by atoms with E-state index in [2.05, 4.69) is 38.2 Å². The van der Waals surface area contributed by atoms with E-state index in [9.17, 15) is 9.59 Å². The second-order valence-electron chi connectivity index (χ2n) is 3.87. The first-order chi connectivity index (χ1) is 9.10. The highest BCUT2D eigenvalue weighted by Crippen LogP contribution is 2.33. The highest BCUT2D eigenvalue weighted by molar-refractivity contribution is 9.10. The zero-order chi connectivity index (χ0) is 14.3. The largest absolute Gasteiger partial charge is 0.465 e. The molecule has 0 fully saturated rings. The van der Waals surface area contributed by atoms with Gasteiger partial charge in [-0.05, 0) is 22.4 Å². The lowest BCUT2D eigenvalue weighted by Crippen LogP contribution is -2.30. The standard InChI is InChI=1S/C12H17BrN2O3S/c1-3-4-5-6-14-12(17)15-9-8(13)7-19-10(9)11(16)18-2/h7H,3-6H2,1-2H3,(H2,14,15,17). The molecule has 19 heavy (non-hydrogen) atoms. The monoisotopic (exact) mass is 348 g/mol. The molecule has 0 aliphatic carbocycles. The molecule has 0 radical (unpaired) electrons. The molecule has 2 amide bonds. The van der Waals surface area contributed by atoms with E-state index in [1.54, 1.807) is 5.38 Å². The van der Waals surface area contributed by atoms with Gasteiger partial charge < -0.3 is 15.4 Å². The quantitative estimate of drug-likeness (QED) is 0.609. The molecule has 1 rings (SSSR count). The minimum absolute atomic E-state index is 0.319. The number of halogens is 1. The zero-order valence-electron chi connectivity index (χ0n) is 10.9. The number of carbonyl (C=O) groups excluding carboxylic acids is 2. The van der Waals surface area contributed by atoms with Crippen LogP contribution >= 0.6 is 27.3 Å². The molecule has 1 aromatic rings. The van der Waals surface area contributed by atoms with Gasteiger partial charge >= 0.3 is 12.0 Å². The van der Waals surface area contributed by atoms with E-state index in [1.807, 2.05) is 0 Å². The molecule has 0 aromatic carbocycles. The minimum atomic E-state index is -0.461. The van der Waals surface area contributed by atoms with Gasteiger partial charge in [0.1, 0.15) is 4.88 Å². The summed E-state index contributed by atoms with van der Waals surface area (Å²) in [5.74, 6) is -0.461. The van der Waals surface area contributed by atoms with Crippen molar-refractivity contribution in [3.8, 4) is 0 Å². The van der Waals surface area contributed by atoms with Crippen LogP contribution in [0.15, 0.2) is 9.85 Å². The molecule has 0 aliphatic rings. The number of unbranched alkanes of at least 4 members (excludes halogenated alkanes) is 2. The summed E-state index contributed by atoms with van der Waals surface area (Å²) in [7, 11) is 1.31. The SMILES string of the molecule is CCCCCNC(=O)Nc1c(Br)csc1C(=O)OC. The number of anilines is 1. The lowest BCUT2D eigenvalue weighted by atomic mass is 10.2. The minimum Gasteiger partial charge on any atom is -0.465 e. The number of hydrogen-bond donors (Lipinski definition) is 2. The summed E-state index contributed by atoms with van der Waals surface area (Å²) < 4.78 is 5.33. The van der Waals surface area contributed by atoms with Crippen molar-refractivity contribution in [1.82, 2.24) is 5.32 Å². The number of urea groups is 1. The van der Waals surface area contributed by atoms with Crippen LogP contribution in [0.4, 0.5) is 10.5 Å². The third-order valence-electron chi connectivity index (χ3n) is 2.42. The molecule has 7 heteroatoms. The number of esters is 1. The van der Waals surface area contributed by atoms with Gasteiger partial charge in [0.25, 0.3) is 0 Å². The predicted molar refractivity (Wildman–Crippen MR) is 79.9 cm³/mol. The van der Waals surface area contributed by atoms with Crippen LogP contribution in [0.5, 0.6) is 0 Å². The molecule has 0 unspecified atom stereocenters. The maximum Gasteiger partial charge on any atom is 0.350 e. The number of rotatable bonds is 6. The van der Waals surface area contributed by atoms with Crippen LogP contribution in [0.25, 0.3) is 0 Å². The van der Waals surface area contributed by atoms with Gasteiger partial charge in [-0.3, -0.25) is 0 Å². The molecule has 0 aliphatic heterocycles. The average molecular weight is 349 g/mol. The molecule has 1 aromatic heterocycles. The molecule has 0 atom stereocenters. The highest BCUT2D eigenvalue weighted by atomic mass is 79.9. The molecule has 0 saturated heterocycles. The van der Waals surface area contributed by atoms with Gasteiger partial charge in [-0.2, -0.15) is 0 Å². The average Bonchev–Trinajstić information content (AvgIpc) is 2.75. The Morgan fingerprint density at radius 1 is 1.42 bits per heavy atom. The summed E-state index contributed by atoms with van der Waals surface area (Å²) in [5.41, 5.74) is 0.449. The number of hydrogen-bond acceptors (Lipinski definition) is 4. The van der Waals surface area contributed by atoms with Crippen LogP contribution in [-0.4, -0.2) is 25.7 Å². The first-order valence-corrected chi connectivity index (χ1v) is 7.67. The van der Waals surface area contributed by atoms with Crippen LogP contribution in [0, 0.1) is 0 Å². The topological polar surface area (TPSA) is 67.4 Å². The molecule has 0 bridgehead atoms. The summed E-state index contributed by atoms with van der Waals surface area (Å²) in [6.07, 6.45) is 3.13. The molecular weight excluding hydrogens is 332 g/mol. The van der Waals surface area contributed by atoms with E-state index < -0.39 is 5.97 Å². The summed E-state index contributed by atoms with van der Waals surface area (Å²) in [4.78, 5) is 23.6. The van der Waals surface area contributed by atoms with E-state index in [-0.39, 0.29) is 6.03 Å². The summed E-state index contributed by atoms with van der Waals surface area (Å²) in [6, 6.07) is -0.319. The predicted octanol–water partition coefficient (Wildman–Crippen LogP) is 3.61. The summed E-state index contributed by atoms with van der Waals surface area (Å²) in [6.45, 7) is 2.72. The van der Waals surface area contributed by atoms with Crippen LogP contribution in [0.1, 0.15) is 35.9 Å². The second-order valence-corrected chi connectivity index (χ2v) is 5.60. The van der Waals surface area contributed by atoms with Crippen molar-refractivity contribution in [1.29, 1.82) is 0 Å². The van der Waals surface area contributed by atoms with Crippen molar-refractivity contribution < 1.29 is 14.3 Å². The first kappa shape index (κ1) is 16.0. The van der Waals surface area contributed by atoms with Gasteiger partial charge in [-0.15, -0.1) is 11.3 Å². The van der Waals surface area contributed by atoms with Crippen molar-refractivity contribution in [2.75, 3.05) is 19.0 Å². The molecular formula is C12H17BrN2O3S. The fourth-order valence-corrected chi connectivity index (χ4v) is 2.94. The smallest absolute Gasteiger partial charge is 0.350 e. The summed E-state index contributed by atoms with van der Waals surface area (Å²) >= 11 is 4.52. The Balaban J connectivity index is 2.58. The Kier molecular flexibility index (Phi) is 6.86. The molecule has 5 nitrogen and oxygen atoms in total. The van der Waals surface area contributed by atoms with Gasteiger partial charge in [0.15, 0.2) is 0 Å². The van der Waals surface area contributed by atoms with E-state index in [1.165, 1.54) is 18.4 Å². The van der Waals surface area contributed by atoms with E-state index in [0.29, 0.717) is 21.6 Å². The molecule has 106 valence electrons. The highest BCUT2D eigenvalue weighted by Gasteiger charge is 2.19. The molecule has 0 spiro atoms. The van der Waals surface area contributed by atoms with Gasteiger partial charge in [-0.25, -0.2) is 9.59 Å². The fourth-order valence-electron chi connectivity index (χ4n) is 1.43. The number of nitrogens with one attached hydrogen (secondary N) is 2.